The molecule has 0 aromatic heterocycles. The van der Waals surface area contributed by atoms with E-state index in [1.165, 1.54) is 13.3 Å². The van der Waals surface area contributed by atoms with Crippen LogP contribution in [0.2, 0.25) is 10.0 Å². The minimum atomic E-state index is -0.299. The highest BCUT2D eigenvalue weighted by molar-refractivity contribution is 9.10. The summed E-state index contributed by atoms with van der Waals surface area (Å²) in [4.78, 5) is 25.7. The number of benzene rings is 2. The van der Waals surface area contributed by atoms with Crippen LogP contribution in [0.1, 0.15) is 17.5 Å². The maximum atomic E-state index is 12.8. The first-order valence-electron chi connectivity index (χ1n) is 10.4. The third kappa shape index (κ3) is 3.76. The SMILES string of the molecule is COc1cc(C=NN2C(=O)[C@@H]3[C@H](C2=O)[C@H]2C=C[C@H]3C2)c(Br)c(Cl)c1OCc1ccccc1Cl. The van der Waals surface area contributed by atoms with Crippen molar-refractivity contribution in [1.82, 2.24) is 5.01 Å². The van der Waals surface area contributed by atoms with Gasteiger partial charge in [0.2, 0.25) is 0 Å². The number of halogens is 3. The van der Waals surface area contributed by atoms with Crippen molar-refractivity contribution in [2.45, 2.75) is 13.0 Å². The van der Waals surface area contributed by atoms with Crippen molar-refractivity contribution in [1.29, 1.82) is 0 Å². The number of fused-ring (bicyclic) bond motifs is 5. The maximum absolute atomic E-state index is 12.8. The highest BCUT2D eigenvalue weighted by Gasteiger charge is 2.59. The summed E-state index contributed by atoms with van der Waals surface area (Å²) in [6.07, 6.45) is 6.40. The van der Waals surface area contributed by atoms with E-state index in [9.17, 15) is 9.59 Å². The summed E-state index contributed by atoms with van der Waals surface area (Å²) in [5, 5.41) is 6.09. The second-order valence-corrected chi connectivity index (χ2v) is 9.82. The molecule has 1 saturated heterocycles. The molecule has 2 fully saturated rings. The normalized spacial score (nSPS) is 25.4. The van der Waals surface area contributed by atoms with E-state index < -0.39 is 0 Å². The van der Waals surface area contributed by atoms with Crippen LogP contribution in [0.15, 0.2) is 52.1 Å². The van der Waals surface area contributed by atoms with Crippen LogP contribution in [0, 0.1) is 23.7 Å². The van der Waals surface area contributed by atoms with Crippen molar-refractivity contribution in [2.24, 2.45) is 28.8 Å². The number of allylic oxidation sites excluding steroid dienone is 2. The van der Waals surface area contributed by atoms with Crippen molar-refractivity contribution >= 4 is 57.2 Å². The van der Waals surface area contributed by atoms with E-state index in [1.54, 1.807) is 12.1 Å². The molecule has 9 heteroatoms. The predicted molar refractivity (Wildman–Crippen MR) is 129 cm³/mol. The molecule has 0 N–H and O–H groups in total. The quantitative estimate of drug-likeness (QED) is 0.271. The lowest BCUT2D eigenvalue weighted by Gasteiger charge is -2.16. The molecule has 33 heavy (non-hydrogen) atoms. The van der Waals surface area contributed by atoms with Gasteiger partial charge in [-0.15, -0.1) is 0 Å². The van der Waals surface area contributed by atoms with Gasteiger partial charge in [-0.3, -0.25) is 9.59 Å². The first-order valence-corrected chi connectivity index (χ1v) is 12.0. The fourth-order valence-electron chi connectivity index (χ4n) is 4.87. The predicted octanol–water partition coefficient (Wildman–Crippen LogP) is 5.48. The van der Waals surface area contributed by atoms with E-state index in [4.69, 9.17) is 32.7 Å². The van der Waals surface area contributed by atoms with E-state index in [1.807, 2.05) is 30.4 Å². The van der Waals surface area contributed by atoms with Gasteiger partial charge in [0.15, 0.2) is 11.5 Å². The maximum Gasteiger partial charge on any atom is 0.254 e. The lowest BCUT2D eigenvalue weighted by atomic mass is 9.85. The molecular formula is C24H19BrCl2N2O4. The molecule has 2 aromatic carbocycles. The van der Waals surface area contributed by atoms with E-state index in [0.717, 1.165) is 17.0 Å². The smallest absolute Gasteiger partial charge is 0.254 e. The minimum absolute atomic E-state index is 0.132. The number of methoxy groups -OCH3 is 1. The van der Waals surface area contributed by atoms with Crippen LogP contribution < -0.4 is 9.47 Å². The number of hydrogen-bond donors (Lipinski definition) is 0. The van der Waals surface area contributed by atoms with E-state index in [0.29, 0.717) is 26.6 Å². The zero-order valence-corrected chi connectivity index (χ0v) is 20.6. The Labute approximate surface area is 209 Å². The van der Waals surface area contributed by atoms with Crippen LogP contribution >= 0.6 is 39.1 Å². The Morgan fingerprint density at radius 3 is 2.45 bits per heavy atom. The van der Waals surface area contributed by atoms with Gasteiger partial charge in [0.1, 0.15) is 11.6 Å². The number of rotatable bonds is 6. The number of ether oxygens (including phenoxy) is 2. The largest absolute Gasteiger partial charge is 0.493 e. The van der Waals surface area contributed by atoms with Gasteiger partial charge in [-0.1, -0.05) is 53.6 Å². The first-order chi connectivity index (χ1) is 15.9. The molecule has 1 heterocycles. The Bertz CT molecular complexity index is 1190. The number of imide groups is 1. The monoisotopic (exact) mass is 548 g/mol. The Morgan fingerprint density at radius 2 is 1.82 bits per heavy atom. The van der Waals surface area contributed by atoms with Crippen LogP contribution in [-0.4, -0.2) is 30.1 Å². The van der Waals surface area contributed by atoms with Gasteiger partial charge in [-0.25, -0.2) is 0 Å². The van der Waals surface area contributed by atoms with Gasteiger partial charge >= 0.3 is 0 Å². The Kier molecular flexibility index (Phi) is 5.97. The highest BCUT2D eigenvalue weighted by Crippen LogP contribution is 2.52. The Morgan fingerprint density at radius 1 is 1.15 bits per heavy atom. The van der Waals surface area contributed by atoms with Gasteiger partial charge in [0.25, 0.3) is 11.8 Å². The molecule has 2 aromatic rings. The van der Waals surface area contributed by atoms with Crippen molar-refractivity contribution in [3.63, 3.8) is 0 Å². The van der Waals surface area contributed by atoms with Gasteiger partial charge in [0, 0.05) is 20.6 Å². The van der Waals surface area contributed by atoms with Gasteiger partial charge in [0.05, 0.1) is 25.2 Å². The summed E-state index contributed by atoms with van der Waals surface area (Å²) in [5.74, 6) is -0.0963. The molecule has 0 spiro atoms. The number of hydrogen-bond acceptors (Lipinski definition) is 5. The summed E-state index contributed by atoms with van der Waals surface area (Å²) in [6, 6.07) is 9.04. The van der Waals surface area contributed by atoms with Gasteiger partial charge in [-0.2, -0.15) is 10.1 Å². The standard InChI is InChI=1S/C24H19BrCl2N2O4/c1-32-17-9-15(20(25)21(27)22(17)33-11-14-4-2-3-5-16(14)26)10-28-29-23(30)18-12-6-7-13(8-12)19(18)24(29)31/h2-7,9-10,12-13,18-19H,8,11H2,1H3/t12-,13-,18-,19+/m0/s1. The summed E-state index contributed by atoms with van der Waals surface area (Å²) < 4.78 is 11.9. The molecule has 2 amide bonds. The summed E-state index contributed by atoms with van der Waals surface area (Å²) >= 11 is 16.2. The first kappa shape index (κ1) is 22.4. The number of amides is 2. The lowest BCUT2D eigenvalue weighted by Crippen LogP contribution is -2.28. The van der Waals surface area contributed by atoms with Crippen LogP contribution in [0.4, 0.5) is 0 Å². The zero-order valence-electron chi connectivity index (χ0n) is 17.5. The van der Waals surface area contributed by atoms with Crippen molar-refractivity contribution in [2.75, 3.05) is 7.11 Å². The molecule has 5 rings (SSSR count). The summed E-state index contributed by atoms with van der Waals surface area (Å²) in [7, 11) is 1.50. The van der Waals surface area contributed by atoms with E-state index in [-0.39, 0.29) is 47.1 Å². The topological polar surface area (TPSA) is 68.2 Å². The second-order valence-electron chi connectivity index (χ2n) is 8.24. The van der Waals surface area contributed by atoms with Crippen molar-refractivity contribution < 1.29 is 19.1 Å². The molecule has 3 aliphatic rings. The molecule has 1 aliphatic heterocycles. The zero-order chi connectivity index (χ0) is 23.3. The molecule has 4 atom stereocenters. The molecule has 2 aliphatic carbocycles. The van der Waals surface area contributed by atoms with Crippen LogP contribution in [0.25, 0.3) is 0 Å². The minimum Gasteiger partial charge on any atom is -0.493 e. The van der Waals surface area contributed by atoms with E-state index >= 15 is 0 Å². The van der Waals surface area contributed by atoms with Crippen molar-refractivity contribution in [3.05, 3.63) is 68.1 Å². The molecule has 170 valence electrons. The van der Waals surface area contributed by atoms with Crippen LogP contribution in [-0.2, 0) is 16.2 Å². The summed E-state index contributed by atoms with van der Waals surface area (Å²) in [6.45, 7) is 0.200. The molecular weight excluding hydrogens is 531 g/mol. The van der Waals surface area contributed by atoms with Crippen molar-refractivity contribution in [3.8, 4) is 11.5 Å². The number of nitrogens with zero attached hydrogens (tertiary/aromatic N) is 2. The van der Waals surface area contributed by atoms with E-state index in [2.05, 4.69) is 21.0 Å². The van der Waals surface area contributed by atoms with Crippen LogP contribution in [0.5, 0.6) is 11.5 Å². The average molecular weight is 550 g/mol. The van der Waals surface area contributed by atoms with Gasteiger partial charge < -0.3 is 9.47 Å². The number of carbonyl (C=O) groups excluding carboxylic acids is 2. The molecule has 1 saturated carbocycles. The molecule has 0 unspecified atom stereocenters. The molecule has 0 radical (unpaired) electrons. The third-order valence-corrected chi connectivity index (χ3v) is 8.28. The van der Waals surface area contributed by atoms with Gasteiger partial charge in [-0.05, 0) is 46.3 Å². The number of carbonyl (C=O) groups is 2. The Balaban J connectivity index is 1.39. The average Bonchev–Trinajstić information content (AvgIpc) is 3.49. The number of hydrazone groups is 1. The summed E-state index contributed by atoms with van der Waals surface area (Å²) in [5.41, 5.74) is 1.35. The lowest BCUT2D eigenvalue weighted by molar-refractivity contribution is -0.140. The van der Waals surface area contributed by atoms with Crippen LogP contribution in [0.3, 0.4) is 0 Å². The Hall–Kier alpha value is -2.35. The second kappa shape index (κ2) is 8.78. The third-order valence-electron chi connectivity index (χ3n) is 6.47. The molecule has 2 bridgehead atoms. The fourth-order valence-corrected chi connectivity index (χ4v) is 5.71. The molecule has 6 nitrogen and oxygen atoms in total. The highest BCUT2D eigenvalue weighted by atomic mass is 79.9. The fraction of sp³-hybridized carbons (Fsp3) is 0.292.